The van der Waals surface area contributed by atoms with Crippen molar-refractivity contribution in [1.29, 1.82) is 0 Å². The predicted octanol–water partition coefficient (Wildman–Crippen LogP) is -0.171. The van der Waals surface area contributed by atoms with E-state index in [4.69, 9.17) is 0 Å². The maximum atomic E-state index is 11.8. The lowest BCUT2D eigenvalue weighted by Gasteiger charge is -2.18. The molecule has 0 saturated carbocycles. The van der Waals surface area contributed by atoms with Crippen LogP contribution in [0.3, 0.4) is 0 Å². The van der Waals surface area contributed by atoms with Crippen molar-refractivity contribution in [1.82, 2.24) is 4.98 Å². The molecule has 0 aliphatic carbocycles. The van der Waals surface area contributed by atoms with Crippen molar-refractivity contribution < 1.29 is 24.2 Å². The lowest BCUT2D eigenvalue weighted by atomic mass is 9.99. The SMILES string of the molecule is CCOC(=O)CC(O)C(O)c1cccc2[nH]c(=O)oc(=O)c12. The molecule has 2 unspecified atom stereocenters. The molecule has 0 aliphatic rings. The second kappa shape index (κ2) is 6.54. The highest BCUT2D eigenvalue weighted by atomic mass is 16.5. The molecule has 2 rings (SSSR count). The summed E-state index contributed by atoms with van der Waals surface area (Å²) in [6, 6.07) is 4.35. The van der Waals surface area contributed by atoms with Crippen LogP contribution in [0.1, 0.15) is 25.0 Å². The molecule has 0 bridgehead atoms. The summed E-state index contributed by atoms with van der Waals surface area (Å²) in [6.07, 6.45) is -3.40. The largest absolute Gasteiger partial charge is 0.466 e. The Labute approximate surface area is 124 Å². The first-order valence-electron chi connectivity index (χ1n) is 6.61. The monoisotopic (exact) mass is 309 g/mol. The molecule has 1 heterocycles. The van der Waals surface area contributed by atoms with Crippen LogP contribution in [0, 0.1) is 0 Å². The molecule has 0 radical (unpaired) electrons. The van der Waals surface area contributed by atoms with Crippen molar-refractivity contribution in [3.05, 3.63) is 44.7 Å². The lowest BCUT2D eigenvalue weighted by Crippen LogP contribution is -2.25. The Hall–Kier alpha value is -2.45. The van der Waals surface area contributed by atoms with Gasteiger partial charge in [0.15, 0.2) is 0 Å². The molecule has 8 heteroatoms. The summed E-state index contributed by atoms with van der Waals surface area (Å²) in [7, 11) is 0. The van der Waals surface area contributed by atoms with E-state index in [1.54, 1.807) is 6.92 Å². The number of hydrogen-bond acceptors (Lipinski definition) is 7. The molecule has 1 aromatic carbocycles. The standard InChI is InChI=1S/C14H15NO7/c1-2-21-10(17)6-9(16)12(18)7-4-3-5-8-11(7)13(19)22-14(20)15-8/h3-5,9,12,16,18H,2,6H2,1H3,(H,15,20). The molecule has 0 saturated heterocycles. The van der Waals surface area contributed by atoms with Crippen LogP contribution in [0.15, 0.2) is 32.2 Å². The number of aromatic nitrogens is 1. The van der Waals surface area contributed by atoms with E-state index in [-0.39, 0.29) is 23.1 Å². The van der Waals surface area contributed by atoms with Crippen LogP contribution in [-0.2, 0) is 9.53 Å². The lowest BCUT2D eigenvalue weighted by molar-refractivity contribution is -0.147. The molecule has 2 atom stereocenters. The van der Waals surface area contributed by atoms with Gasteiger partial charge in [-0.2, -0.15) is 0 Å². The van der Waals surface area contributed by atoms with Gasteiger partial charge in [0.1, 0.15) is 6.10 Å². The Kier molecular flexibility index (Phi) is 4.74. The third kappa shape index (κ3) is 3.23. The fraction of sp³-hybridized carbons (Fsp3) is 0.357. The van der Waals surface area contributed by atoms with Crippen LogP contribution in [0.25, 0.3) is 10.9 Å². The van der Waals surface area contributed by atoms with Crippen molar-refractivity contribution in [2.24, 2.45) is 0 Å². The second-order valence-electron chi connectivity index (χ2n) is 4.59. The Balaban J connectivity index is 2.40. The Morgan fingerprint density at radius 2 is 2.09 bits per heavy atom. The maximum Gasteiger partial charge on any atom is 0.419 e. The van der Waals surface area contributed by atoms with Gasteiger partial charge in [0.25, 0.3) is 0 Å². The summed E-state index contributed by atoms with van der Waals surface area (Å²) < 4.78 is 9.12. The van der Waals surface area contributed by atoms with E-state index in [0.29, 0.717) is 0 Å². The van der Waals surface area contributed by atoms with E-state index in [2.05, 4.69) is 14.1 Å². The number of esters is 1. The number of benzene rings is 1. The first-order valence-corrected chi connectivity index (χ1v) is 6.61. The van der Waals surface area contributed by atoms with Gasteiger partial charge in [-0.05, 0) is 18.6 Å². The minimum Gasteiger partial charge on any atom is -0.466 e. The molecule has 0 spiro atoms. The normalized spacial score (nSPS) is 13.8. The quantitative estimate of drug-likeness (QED) is 0.654. The van der Waals surface area contributed by atoms with Crippen molar-refractivity contribution in [3.63, 3.8) is 0 Å². The van der Waals surface area contributed by atoms with Gasteiger partial charge in [-0.25, -0.2) is 9.59 Å². The van der Waals surface area contributed by atoms with Crippen LogP contribution >= 0.6 is 0 Å². The molecule has 118 valence electrons. The highest BCUT2D eigenvalue weighted by molar-refractivity contribution is 5.81. The average molecular weight is 309 g/mol. The number of aliphatic hydroxyl groups is 2. The molecular weight excluding hydrogens is 294 g/mol. The van der Waals surface area contributed by atoms with E-state index in [1.807, 2.05) is 0 Å². The number of fused-ring (bicyclic) bond motifs is 1. The molecule has 1 aromatic heterocycles. The van der Waals surface area contributed by atoms with Crippen molar-refractivity contribution in [2.45, 2.75) is 25.6 Å². The molecular formula is C14H15NO7. The summed E-state index contributed by atoms with van der Waals surface area (Å²) >= 11 is 0. The minimum absolute atomic E-state index is 0.0549. The van der Waals surface area contributed by atoms with E-state index < -0.39 is 36.0 Å². The topological polar surface area (TPSA) is 130 Å². The number of H-pyrrole nitrogens is 1. The zero-order valence-electron chi connectivity index (χ0n) is 11.7. The van der Waals surface area contributed by atoms with Gasteiger partial charge in [-0.3, -0.25) is 9.78 Å². The zero-order valence-corrected chi connectivity index (χ0v) is 11.7. The van der Waals surface area contributed by atoms with E-state index in [9.17, 15) is 24.6 Å². The van der Waals surface area contributed by atoms with Crippen LogP contribution in [0.2, 0.25) is 0 Å². The number of aliphatic hydroxyl groups excluding tert-OH is 2. The van der Waals surface area contributed by atoms with Crippen molar-refractivity contribution in [3.8, 4) is 0 Å². The smallest absolute Gasteiger partial charge is 0.419 e. The van der Waals surface area contributed by atoms with Gasteiger partial charge in [0.2, 0.25) is 0 Å². The van der Waals surface area contributed by atoms with E-state index in [1.165, 1.54) is 18.2 Å². The summed E-state index contributed by atoms with van der Waals surface area (Å²) in [5.41, 5.74) is -0.711. The summed E-state index contributed by atoms with van der Waals surface area (Å²) in [5, 5.41) is 20.0. The van der Waals surface area contributed by atoms with Gasteiger partial charge in [-0.15, -0.1) is 0 Å². The Bertz CT molecular complexity index is 792. The fourth-order valence-corrected chi connectivity index (χ4v) is 2.13. The van der Waals surface area contributed by atoms with Crippen LogP contribution in [-0.4, -0.2) is 33.9 Å². The van der Waals surface area contributed by atoms with Crippen LogP contribution in [0.4, 0.5) is 0 Å². The van der Waals surface area contributed by atoms with Gasteiger partial charge in [0.05, 0.1) is 30.0 Å². The van der Waals surface area contributed by atoms with Crippen molar-refractivity contribution >= 4 is 16.9 Å². The summed E-state index contributed by atoms with van der Waals surface area (Å²) in [5.74, 6) is -1.59. The molecule has 3 N–H and O–H groups in total. The predicted molar refractivity (Wildman–Crippen MR) is 75.3 cm³/mol. The highest BCUT2D eigenvalue weighted by Gasteiger charge is 2.25. The summed E-state index contributed by atoms with van der Waals surface area (Å²) in [4.78, 5) is 36.6. The number of rotatable bonds is 5. The molecule has 0 fully saturated rings. The van der Waals surface area contributed by atoms with Gasteiger partial charge in [0, 0.05) is 0 Å². The Morgan fingerprint density at radius 3 is 2.77 bits per heavy atom. The van der Waals surface area contributed by atoms with Gasteiger partial charge < -0.3 is 19.4 Å². The number of hydrogen-bond donors (Lipinski definition) is 3. The third-order valence-corrected chi connectivity index (χ3v) is 3.09. The maximum absolute atomic E-state index is 11.8. The molecule has 0 aliphatic heterocycles. The Morgan fingerprint density at radius 1 is 1.36 bits per heavy atom. The van der Waals surface area contributed by atoms with Gasteiger partial charge in [-0.1, -0.05) is 12.1 Å². The van der Waals surface area contributed by atoms with Crippen molar-refractivity contribution in [2.75, 3.05) is 6.61 Å². The van der Waals surface area contributed by atoms with E-state index >= 15 is 0 Å². The molecule has 2 aromatic rings. The first-order chi connectivity index (χ1) is 10.4. The number of carbonyl (C=O) groups excluding carboxylic acids is 1. The number of nitrogens with one attached hydrogen (secondary N) is 1. The molecule has 22 heavy (non-hydrogen) atoms. The van der Waals surface area contributed by atoms with Crippen LogP contribution in [0.5, 0.6) is 0 Å². The first kappa shape index (κ1) is 15.9. The zero-order chi connectivity index (χ0) is 16.3. The molecule has 8 nitrogen and oxygen atoms in total. The summed E-state index contributed by atoms with van der Waals surface area (Å²) in [6.45, 7) is 1.77. The highest BCUT2D eigenvalue weighted by Crippen LogP contribution is 2.24. The second-order valence-corrected chi connectivity index (χ2v) is 4.59. The van der Waals surface area contributed by atoms with E-state index in [0.717, 1.165) is 0 Å². The third-order valence-electron chi connectivity index (χ3n) is 3.09. The number of ether oxygens (including phenoxy) is 1. The minimum atomic E-state index is -1.51. The fourth-order valence-electron chi connectivity index (χ4n) is 2.13. The average Bonchev–Trinajstić information content (AvgIpc) is 2.45. The van der Waals surface area contributed by atoms with Gasteiger partial charge >= 0.3 is 17.4 Å². The molecule has 0 amide bonds. The number of carbonyl (C=O) groups is 1. The van der Waals surface area contributed by atoms with Crippen LogP contribution < -0.4 is 11.4 Å². The number of aromatic amines is 1.